The van der Waals surface area contributed by atoms with Crippen molar-refractivity contribution < 1.29 is 19.4 Å². The van der Waals surface area contributed by atoms with Crippen LogP contribution < -0.4 is 5.32 Å². The third-order valence-corrected chi connectivity index (χ3v) is 3.37. The molecule has 2 N–H and O–H groups in total. The summed E-state index contributed by atoms with van der Waals surface area (Å²) in [6.45, 7) is 4.64. The van der Waals surface area contributed by atoms with Crippen LogP contribution in [0.15, 0.2) is 0 Å². The van der Waals surface area contributed by atoms with Crippen molar-refractivity contribution in [3.63, 3.8) is 0 Å². The van der Waals surface area contributed by atoms with Gasteiger partial charge >= 0.3 is 12.0 Å². The van der Waals surface area contributed by atoms with Crippen LogP contribution in [-0.4, -0.2) is 52.8 Å². The number of carbonyl (C=O) groups excluding carboxylic acids is 1. The topological polar surface area (TPSA) is 78.9 Å². The molecule has 0 aromatic heterocycles. The molecule has 102 valence electrons. The van der Waals surface area contributed by atoms with Crippen molar-refractivity contribution in [3.8, 4) is 0 Å². The summed E-state index contributed by atoms with van der Waals surface area (Å²) in [5.41, 5.74) is -0.736. The van der Waals surface area contributed by atoms with E-state index in [1.54, 1.807) is 18.7 Å². The quantitative estimate of drug-likeness (QED) is 0.783. The first-order valence-electron chi connectivity index (χ1n) is 6.30. The molecule has 6 nitrogen and oxygen atoms in total. The Morgan fingerprint density at radius 3 is 2.39 bits per heavy atom. The standard InChI is InChI=1S/C12H20N2O4/c1-12(2,5-10(15)16)13-11(17)14-6-8-3-4-9(7-14)18-8/h8-9H,3-7H2,1-2H3,(H,13,17)(H,15,16). The van der Waals surface area contributed by atoms with Gasteiger partial charge in [-0.25, -0.2) is 4.79 Å². The number of hydrogen-bond donors (Lipinski definition) is 2. The molecule has 0 saturated carbocycles. The molecular weight excluding hydrogens is 236 g/mol. The van der Waals surface area contributed by atoms with Crippen molar-refractivity contribution in [2.45, 2.75) is 50.9 Å². The summed E-state index contributed by atoms with van der Waals surface area (Å²) in [4.78, 5) is 24.5. The van der Waals surface area contributed by atoms with Gasteiger partial charge in [-0.05, 0) is 26.7 Å². The van der Waals surface area contributed by atoms with Crippen molar-refractivity contribution in [1.82, 2.24) is 10.2 Å². The minimum Gasteiger partial charge on any atom is -0.481 e. The molecule has 2 fully saturated rings. The second-order valence-corrected chi connectivity index (χ2v) is 5.75. The molecule has 2 amide bonds. The maximum Gasteiger partial charge on any atom is 0.318 e. The number of urea groups is 1. The maximum atomic E-state index is 12.1. The second-order valence-electron chi connectivity index (χ2n) is 5.75. The molecule has 2 bridgehead atoms. The average molecular weight is 256 g/mol. The Morgan fingerprint density at radius 2 is 1.89 bits per heavy atom. The highest BCUT2D eigenvalue weighted by atomic mass is 16.5. The molecule has 2 rings (SSSR count). The molecule has 0 radical (unpaired) electrons. The van der Waals surface area contributed by atoms with Crippen LogP contribution >= 0.6 is 0 Å². The van der Waals surface area contributed by atoms with Crippen LogP contribution in [0.3, 0.4) is 0 Å². The number of hydrogen-bond acceptors (Lipinski definition) is 3. The predicted molar refractivity (Wildman–Crippen MR) is 64.3 cm³/mol. The lowest BCUT2D eigenvalue weighted by Gasteiger charge is -2.35. The van der Waals surface area contributed by atoms with E-state index in [2.05, 4.69) is 5.32 Å². The summed E-state index contributed by atoms with van der Waals surface area (Å²) >= 11 is 0. The molecule has 2 unspecified atom stereocenters. The summed E-state index contributed by atoms with van der Waals surface area (Å²) in [5.74, 6) is -0.914. The summed E-state index contributed by atoms with van der Waals surface area (Å²) in [5, 5.41) is 11.6. The number of carboxylic acid groups (broad SMARTS) is 1. The highest BCUT2D eigenvalue weighted by Gasteiger charge is 2.37. The fraction of sp³-hybridized carbons (Fsp3) is 0.833. The highest BCUT2D eigenvalue weighted by molar-refractivity contribution is 5.77. The predicted octanol–water partition coefficient (Wildman–Crippen LogP) is 0.812. The molecule has 0 spiro atoms. The van der Waals surface area contributed by atoms with Crippen molar-refractivity contribution >= 4 is 12.0 Å². The van der Waals surface area contributed by atoms with Gasteiger partial charge in [-0.1, -0.05) is 0 Å². The molecular formula is C12H20N2O4. The Kier molecular flexibility index (Phi) is 3.47. The lowest BCUT2D eigenvalue weighted by atomic mass is 10.0. The summed E-state index contributed by atoms with van der Waals surface area (Å²) < 4.78 is 5.66. The molecule has 2 aliphatic heterocycles. The van der Waals surface area contributed by atoms with E-state index in [4.69, 9.17) is 9.84 Å². The van der Waals surface area contributed by atoms with Crippen LogP contribution in [0, 0.1) is 0 Å². The molecule has 6 heteroatoms. The number of amides is 2. The SMILES string of the molecule is CC(C)(CC(=O)O)NC(=O)N1CC2CCC(C1)O2. The summed E-state index contributed by atoms with van der Waals surface area (Å²) in [7, 11) is 0. The van der Waals surface area contributed by atoms with Crippen LogP contribution in [0.4, 0.5) is 4.79 Å². The van der Waals surface area contributed by atoms with E-state index in [0.29, 0.717) is 13.1 Å². The third-order valence-electron chi connectivity index (χ3n) is 3.37. The van der Waals surface area contributed by atoms with Gasteiger partial charge in [0.15, 0.2) is 0 Å². The number of carbonyl (C=O) groups is 2. The van der Waals surface area contributed by atoms with Crippen LogP contribution in [0.1, 0.15) is 33.1 Å². The Balaban J connectivity index is 1.90. The minimum atomic E-state index is -0.914. The lowest BCUT2D eigenvalue weighted by Crippen LogP contribution is -2.55. The van der Waals surface area contributed by atoms with E-state index in [9.17, 15) is 9.59 Å². The summed E-state index contributed by atoms with van der Waals surface area (Å²) in [6, 6.07) is -0.193. The fourth-order valence-corrected chi connectivity index (χ4v) is 2.57. The van der Waals surface area contributed by atoms with Crippen LogP contribution in [0.2, 0.25) is 0 Å². The van der Waals surface area contributed by atoms with Gasteiger partial charge < -0.3 is 20.1 Å². The minimum absolute atomic E-state index is 0.0874. The van der Waals surface area contributed by atoms with Gasteiger partial charge in [0, 0.05) is 18.6 Å². The summed E-state index contributed by atoms with van der Waals surface area (Å²) in [6.07, 6.45) is 2.23. The van der Waals surface area contributed by atoms with Gasteiger partial charge in [0.2, 0.25) is 0 Å². The number of morpholine rings is 1. The van der Waals surface area contributed by atoms with Gasteiger partial charge in [0.1, 0.15) is 0 Å². The van der Waals surface area contributed by atoms with Gasteiger partial charge in [0.05, 0.1) is 18.6 Å². The number of aliphatic carboxylic acids is 1. The molecule has 2 saturated heterocycles. The molecule has 0 aliphatic carbocycles. The first-order valence-corrected chi connectivity index (χ1v) is 6.30. The maximum absolute atomic E-state index is 12.1. The average Bonchev–Trinajstić information content (AvgIpc) is 2.54. The zero-order valence-corrected chi connectivity index (χ0v) is 10.8. The number of ether oxygens (including phenoxy) is 1. The fourth-order valence-electron chi connectivity index (χ4n) is 2.57. The van der Waals surface area contributed by atoms with Gasteiger partial charge in [0.25, 0.3) is 0 Å². The second kappa shape index (κ2) is 4.76. The number of nitrogens with one attached hydrogen (secondary N) is 1. The smallest absolute Gasteiger partial charge is 0.318 e. The van der Waals surface area contributed by atoms with Crippen molar-refractivity contribution in [3.05, 3.63) is 0 Å². The van der Waals surface area contributed by atoms with Crippen molar-refractivity contribution in [2.75, 3.05) is 13.1 Å². The Morgan fingerprint density at radius 1 is 1.33 bits per heavy atom. The van der Waals surface area contributed by atoms with Crippen LogP contribution in [0.25, 0.3) is 0 Å². The zero-order chi connectivity index (χ0) is 13.3. The third kappa shape index (κ3) is 3.13. The van der Waals surface area contributed by atoms with Crippen molar-refractivity contribution in [2.24, 2.45) is 0 Å². The van der Waals surface area contributed by atoms with E-state index < -0.39 is 11.5 Å². The highest BCUT2D eigenvalue weighted by Crippen LogP contribution is 2.26. The number of nitrogens with zero attached hydrogens (tertiary/aromatic N) is 1. The van der Waals surface area contributed by atoms with Crippen molar-refractivity contribution in [1.29, 1.82) is 0 Å². The monoisotopic (exact) mass is 256 g/mol. The number of fused-ring (bicyclic) bond motifs is 2. The first kappa shape index (κ1) is 13.1. The molecule has 0 aromatic rings. The number of rotatable bonds is 3. The van der Waals surface area contributed by atoms with Crippen LogP contribution in [-0.2, 0) is 9.53 Å². The molecule has 2 aliphatic rings. The Labute approximate surface area is 106 Å². The van der Waals surface area contributed by atoms with Gasteiger partial charge in [-0.2, -0.15) is 0 Å². The molecule has 0 aromatic carbocycles. The molecule has 2 heterocycles. The Hall–Kier alpha value is -1.30. The van der Waals surface area contributed by atoms with E-state index >= 15 is 0 Å². The zero-order valence-electron chi connectivity index (χ0n) is 10.8. The van der Waals surface area contributed by atoms with E-state index in [-0.39, 0.29) is 24.7 Å². The first-order chi connectivity index (χ1) is 8.35. The molecule has 2 atom stereocenters. The molecule has 18 heavy (non-hydrogen) atoms. The van der Waals surface area contributed by atoms with E-state index in [1.165, 1.54) is 0 Å². The number of likely N-dealkylation sites (tertiary alicyclic amines) is 1. The Bertz CT molecular complexity index is 344. The van der Waals surface area contributed by atoms with Crippen LogP contribution in [0.5, 0.6) is 0 Å². The van der Waals surface area contributed by atoms with E-state index in [1.807, 2.05) is 0 Å². The van der Waals surface area contributed by atoms with Gasteiger partial charge in [-0.15, -0.1) is 0 Å². The lowest BCUT2D eigenvalue weighted by molar-refractivity contribution is -0.138. The van der Waals surface area contributed by atoms with E-state index in [0.717, 1.165) is 12.8 Å². The normalized spacial score (nSPS) is 27.1. The number of carboxylic acids is 1. The largest absolute Gasteiger partial charge is 0.481 e. The van der Waals surface area contributed by atoms with Gasteiger partial charge in [-0.3, -0.25) is 4.79 Å².